The molecule has 0 saturated carbocycles. The number of anilines is 1. The van der Waals surface area contributed by atoms with E-state index in [9.17, 15) is 17.6 Å². The third-order valence-electron chi connectivity index (χ3n) is 3.93. The molecule has 5 nitrogen and oxygen atoms in total. The third kappa shape index (κ3) is 6.61. The second-order valence-electron chi connectivity index (χ2n) is 6.04. The highest BCUT2D eigenvalue weighted by Gasteiger charge is 2.25. The van der Waals surface area contributed by atoms with Crippen molar-refractivity contribution < 1.29 is 17.6 Å². The van der Waals surface area contributed by atoms with Gasteiger partial charge in [-0.05, 0) is 55.4 Å². The highest BCUT2D eigenvalue weighted by molar-refractivity contribution is 7.92. The lowest BCUT2D eigenvalue weighted by Gasteiger charge is -2.13. The molecule has 0 spiro atoms. The first kappa shape index (κ1) is 23.1. The van der Waals surface area contributed by atoms with Crippen molar-refractivity contribution in [3.8, 4) is 0 Å². The monoisotopic (exact) mass is 414 g/mol. The van der Waals surface area contributed by atoms with Gasteiger partial charge in [-0.3, -0.25) is 4.79 Å². The molecule has 8 heteroatoms. The number of amides is 1. The summed E-state index contributed by atoms with van der Waals surface area (Å²) in [5.41, 5.74) is 1.65. The lowest BCUT2D eigenvalue weighted by Crippen LogP contribution is -2.25. The molecule has 148 valence electrons. The van der Waals surface area contributed by atoms with Crippen LogP contribution in [0.1, 0.15) is 25.8 Å². The van der Waals surface area contributed by atoms with E-state index >= 15 is 0 Å². The van der Waals surface area contributed by atoms with Crippen LogP contribution in [0, 0.1) is 5.82 Å². The van der Waals surface area contributed by atoms with Crippen LogP contribution in [0.15, 0.2) is 53.4 Å². The van der Waals surface area contributed by atoms with E-state index in [1.807, 2.05) is 25.1 Å². The molecule has 0 aliphatic rings. The standard InChI is InChI=1S/C19H23FN2O3S.ClH/c1-3-21-13-15-5-4-6-17(12-15)22-19(23)11-14(2)26(24,25)18-9-7-16(20)8-10-18;/h4-10,12,14,21H,3,11,13H2,1-2H3,(H,22,23);1H. The number of sulfone groups is 1. The van der Waals surface area contributed by atoms with Crippen LogP contribution >= 0.6 is 12.4 Å². The fourth-order valence-electron chi connectivity index (χ4n) is 2.47. The van der Waals surface area contributed by atoms with E-state index in [-0.39, 0.29) is 29.6 Å². The zero-order valence-electron chi connectivity index (χ0n) is 15.2. The van der Waals surface area contributed by atoms with Gasteiger partial charge in [0.1, 0.15) is 5.82 Å². The molecule has 2 N–H and O–H groups in total. The Hall–Kier alpha value is -1.96. The van der Waals surface area contributed by atoms with Crippen LogP contribution in [0.2, 0.25) is 0 Å². The molecule has 0 aliphatic heterocycles. The number of carbonyl (C=O) groups is 1. The van der Waals surface area contributed by atoms with Crippen molar-refractivity contribution in [1.29, 1.82) is 0 Å². The van der Waals surface area contributed by atoms with Crippen molar-refractivity contribution in [2.75, 3.05) is 11.9 Å². The summed E-state index contributed by atoms with van der Waals surface area (Å²) >= 11 is 0. The predicted octanol–water partition coefficient (Wildman–Crippen LogP) is 3.55. The first-order valence-corrected chi connectivity index (χ1v) is 9.96. The molecular weight excluding hydrogens is 391 g/mol. The molecule has 0 radical (unpaired) electrons. The van der Waals surface area contributed by atoms with Gasteiger partial charge in [0, 0.05) is 18.7 Å². The summed E-state index contributed by atoms with van der Waals surface area (Å²) in [6.07, 6.45) is -0.183. The van der Waals surface area contributed by atoms with Gasteiger partial charge >= 0.3 is 0 Å². The Kier molecular flexibility index (Phi) is 8.88. The maximum Gasteiger partial charge on any atom is 0.225 e. The van der Waals surface area contributed by atoms with E-state index in [0.717, 1.165) is 24.2 Å². The van der Waals surface area contributed by atoms with Gasteiger partial charge in [0.25, 0.3) is 0 Å². The topological polar surface area (TPSA) is 75.3 Å². The Balaban J connectivity index is 0.00000364. The quantitative estimate of drug-likeness (QED) is 0.648. The molecule has 0 fully saturated rings. The van der Waals surface area contributed by atoms with E-state index in [0.29, 0.717) is 12.2 Å². The van der Waals surface area contributed by atoms with Crippen molar-refractivity contribution in [3.05, 3.63) is 59.9 Å². The second-order valence-corrected chi connectivity index (χ2v) is 8.41. The zero-order valence-corrected chi connectivity index (χ0v) is 16.9. The molecular formula is C19H24ClFN2O3S. The molecule has 1 amide bonds. The predicted molar refractivity (Wildman–Crippen MR) is 107 cm³/mol. The third-order valence-corrected chi connectivity index (χ3v) is 6.09. The normalized spacial score (nSPS) is 12.1. The number of benzene rings is 2. The van der Waals surface area contributed by atoms with E-state index in [1.165, 1.54) is 19.1 Å². The van der Waals surface area contributed by atoms with Crippen LogP contribution in [0.5, 0.6) is 0 Å². The van der Waals surface area contributed by atoms with Crippen LogP contribution in [-0.2, 0) is 21.2 Å². The number of hydrogen-bond acceptors (Lipinski definition) is 4. The Morgan fingerprint density at radius 1 is 1.15 bits per heavy atom. The van der Waals surface area contributed by atoms with Crippen LogP contribution in [0.3, 0.4) is 0 Å². The molecule has 0 heterocycles. The lowest BCUT2D eigenvalue weighted by molar-refractivity contribution is -0.116. The van der Waals surface area contributed by atoms with Crippen molar-refractivity contribution in [1.82, 2.24) is 5.32 Å². The molecule has 1 unspecified atom stereocenters. The summed E-state index contributed by atoms with van der Waals surface area (Å²) in [5, 5.41) is 5.01. The summed E-state index contributed by atoms with van der Waals surface area (Å²) in [6.45, 7) is 5.01. The highest BCUT2D eigenvalue weighted by atomic mass is 35.5. The SMILES string of the molecule is CCNCc1cccc(NC(=O)CC(C)S(=O)(=O)c2ccc(F)cc2)c1.Cl. The Morgan fingerprint density at radius 3 is 2.44 bits per heavy atom. The van der Waals surface area contributed by atoms with Crippen LogP contribution in [-0.4, -0.2) is 26.1 Å². The molecule has 0 bridgehead atoms. The minimum absolute atomic E-state index is 0. The second kappa shape index (κ2) is 10.4. The molecule has 2 aromatic rings. The van der Waals surface area contributed by atoms with Gasteiger partial charge in [-0.15, -0.1) is 12.4 Å². The molecule has 0 saturated heterocycles. The maximum absolute atomic E-state index is 13.0. The summed E-state index contributed by atoms with van der Waals surface area (Å²) in [4.78, 5) is 12.2. The van der Waals surface area contributed by atoms with E-state index < -0.39 is 20.9 Å². The number of carbonyl (C=O) groups excluding carboxylic acids is 1. The average Bonchev–Trinajstić information content (AvgIpc) is 2.60. The first-order chi connectivity index (χ1) is 12.3. The number of rotatable bonds is 8. The Labute approximate surface area is 165 Å². The lowest BCUT2D eigenvalue weighted by atomic mass is 10.2. The van der Waals surface area contributed by atoms with Crippen molar-refractivity contribution >= 4 is 33.8 Å². The maximum atomic E-state index is 13.0. The van der Waals surface area contributed by atoms with E-state index in [4.69, 9.17) is 0 Å². The fourth-order valence-corrected chi connectivity index (χ4v) is 3.82. The van der Waals surface area contributed by atoms with Gasteiger partial charge in [-0.1, -0.05) is 19.1 Å². The van der Waals surface area contributed by atoms with Gasteiger partial charge < -0.3 is 10.6 Å². The molecule has 27 heavy (non-hydrogen) atoms. The average molecular weight is 415 g/mol. The number of hydrogen-bond donors (Lipinski definition) is 2. The molecule has 0 aliphatic carbocycles. The van der Waals surface area contributed by atoms with Crippen molar-refractivity contribution in [2.24, 2.45) is 0 Å². The van der Waals surface area contributed by atoms with Gasteiger partial charge in [-0.25, -0.2) is 12.8 Å². The number of halogens is 2. The van der Waals surface area contributed by atoms with Crippen LogP contribution in [0.25, 0.3) is 0 Å². The summed E-state index contributed by atoms with van der Waals surface area (Å²) in [5.74, 6) is -0.893. The Bertz CT molecular complexity index is 858. The van der Waals surface area contributed by atoms with E-state index in [1.54, 1.807) is 6.07 Å². The van der Waals surface area contributed by atoms with Crippen molar-refractivity contribution in [3.63, 3.8) is 0 Å². The Morgan fingerprint density at radius 2 is 1.81 bits per heavy atom. The van der Waals surface area contributed by atoms with Crippen LogP contribution in [0.4, 0.5) is 10.1 Å². The molecule has 2 rings (SSSR count). The minimum Gasteiger partial charge on any atom is -0.326 e. The van der Waals surface area contributed by atoms with Gasteiger partial charge in [0.2, 0.25) is 5.91 Å². The van der Waals surface area contributed by atoms with Crippen LogP contribution < -0.4 is 10.6 Å². The summed E-state index contributed by atoms with van der Waals surface area (Å²) in [7, 11) is -3.70. The molecule has 0 aromatic heterocycles. The minimum atomic E-state index is -3.70. The molecule has 1 atom stereocenters. The largest absolute Gasteiger partial charge is 0.326 e. The molecule has 2 aromatic carbocycles. The summed E-state index contributed by atoms with van der Waals surface area (Å²) in [6, 6.07) is 12.0. The summed E-state index contributed by atoms with van der Waals surface area (Å²) < 4.78 is 38.0. The smallest absolute Gasteiger partial charge is 0.225 e. The zero-order chi connectivity index (χ0) is 19.2. The van der Waals surface area contributed by atoms with Gasteiger partial charge in [-0.2, -0.15) is 0 Å². The van der Waals surface area contributed by atoms with Gasteiger partial charge in [0.15, 0.2) is 9.84 Å². The van der Waals surface area contributed by atoms with E-state index in [2.05, 4.69) is 10.6 Å². The van der Waals surface area contributed by atoms with Crippen molar-refractivity contribution in [2.45, 2.75) is 37.0 Å². The van der Waals surface area contributed by atoms with Gasteiger partial charge in [0.05, 0.1) is 10.1 Å². The first-order valence-electron chi connectivity index (χ1n) is 8.42. The highest BCUT2D eigenvalue weighted by Crippen LogP contribution is 2.19. The number of nitrogens with one attached hydrogen (secondary N) is 2. The fraction of sp³-hybridized carbons (Fsp3) is 0.316.